The fraction of sp³-hybridized carbons (Fsp3) is 0.421. The fourth-order valence-electron chi connectivity index (χ4n) is 2.94. The van der Waals surface area contributed by atoms with Gasteiger partial charge in [-0.1, -0.05) is 0 Å². The number of hydrogen-bond acceptors (Lipinski definition) is 6. The van der Waals surface area contributed by atoms with E-state index in [1.807, 2.05) is 12.1 Å². The highest BCUT2D eigenvalue weighted by Gasteiger charge is 2.12. The van der Waals surface area contributed by atoms with Gasteiger partial charge < -0.3 is 20.3 Å². The van der Waals surface area contributed by atoms with E-state index in [1.54, 1.807) is 19.4 Å². The van der Waals surface area contributed by atoms with Crippen molar-refractivity contribution in [1.82, 2.24) is 9.97 Å². The monoisotopic (exact) mass is 355 g/mol. The Labute approximate surface area is 153 Å². The normalized spacial score (nSPS) is 14.1. The highest BCUT2D eigenvalue weighted by molar-refractivity contribution is 6.03. The molecule has 1 aromatic carbocycles. The van der Waals surface area contributed by atoms with Crippen molar-refractivity contribution in [3.05, 3.63) is 42.2 Å². The molecule has 2 aromatic rings. The molecule has 7 heteroatoms. The van der Waals surface area contributed by atoms with Crippen LogP contribution < -0.4 is 15.5 Å². The zero-order valence-corrected chi connectivity index (χ0v) is 15.1. The molecule has 1 aliphatic rings. The molecule has 138 valence electrons. The van der Waals surface area contributed by atoms with E-state index in [0.29, 0.717) is 24.8 Å². The lowest BCUT2D eigenvalue weighted by Crippen LogP contribution is -2.29. The van der Waals surface area contributed by atoms with Crippen LogP contribution in [0.2, 0.25) is 0 Å². The highest BCUT2D eigenvalue weighted by Crippen LogP contribution is 2.22. The lowest BCUT2D eigenvalue weighted by atomic mass is 10.1. The van der Waals surface area contributed by atoms with Crippen LogP contribution in [0.25, 0.3) is 0 Å². The molecule has 1 amide bonds. The van der Waals surface area contributed by atoms with Crippen LogP contribution in [0.4, 0.5) is 17.3 Å². The number of methoxy groups -OCH3 is 1. The van der Waals surface area contributed by atoms with Crippen LogP contribution in [0.5, 0.6) is 0 Å². The molecule has 2 N–H and O–H groups in total. The number of carbonyl (C=O) groups excluding carboxylic acids is 1. The van der Waals surface area contributed by atoms with Crippen molar-refractivity contribution >= 4 is 23.2 Å². The molecule has 2 heterocycles. The highest BCUT2D eigenvalue weighted by atomic mass is 16.5. The number of nitrogens with zero attached hydrogens (tertiary/aromatic N) is 3. The summed E-state index contributed by atoms with van der Waals surface area (Å²) in [5, 5.41) is 5.90. The summed E-state index contributed by atoms with van der Waals surface area (Å²) in [6, 6.07) is 9.57. The third-order valence-corrected chi connectivity index (χ3v) is 4.32. The van der Waals surface area contributed by atoms with E-state index in [9.17, 15) is 4.79 Å². The average molecular weight is 355 g/mol. The molecular formula is C19H25N5O2. The Hall–Kier alpha value is -2.67. The van der Waals surface area contributed by atoms with Gasteiger partial charge in [0.2, 0.25) is 5.95 Å². The predicted molar refractivity (Wildman–Crippen MR) is 103 cm³/mol. The first-order valence-electron chi connectivity index (χ1n) is 8.98. The van der Waals surface area contributed by atoms with Gasteiger partial charge in [0.25, 0.3) is 5.91 Å². The van der Waals surface area contributed by atoms with E-state index in [0.717, 1.165) is 18.8 Å². The summed E-state index contributed by atoms with van der Waals surface area (Å²) < 4.78 is 4.97. The molecule has 0 aliphatic carbocycles. The largest absolute Gasteiger partial charge is 0.383 e. The topological polar surface area (TPSA) is 79.4 Å². The van der Waals surface area contributed by atoms with Crippen molar-refractivity contribution in [2.45, 2.75) is 19.3 Å². The van der Waals surface area contributed by atoms with Gasteiger partial charge in [-0.15, -0.1) is 0 Å². The standard InChI is InChI=1S/C19H25N5O2/c1-26-14-11-21-19-20-10-9-17(23-19)18(25)22-15-5-7-16(8-6-15)24-12-3-2-4-13-24/h5-10H,2-4,11-14H2,1H3,(H,22,25)(H,20,21,23). The van der Waals surface area contributed by atoms with Gasteiger partial charge in [0.05, 0.1) is 6.61 Å². The first-order valence-corrected chi connectivity index (χ1v) is 8.98. The summed E-state index contributed by atoms with van der Waals surface area (Å²) in [7, 11) is 1.63. The predicted octanol–water partition coefficient (Wildman–Crippen LogP) is 2.78. The lowest BCUT2D eigenvalue weighted by Gasteiger charge is -2.28. The summed E-state index contributed by atoms with van der Waals surface area (Å²) in [6.45, 7) is 3.33. The molecule has 3 rings (SSSR count). The molecule has 0 saturated carbocycles. The van der Waals surface area contributed by atoms with Gasteiger partial charge in [0.1, 0.15) is 5.69 Å². The summed E-state index contributed by atoms with van der Waals surface area (Å²) in [6.07, 6.45) is 5.36. The number of benzene rings is 1. The van der Waals surface area contributed by atoms with Crippen LogP contribution in [0.15, 0.2) is 36.5 Å². The van der Waals surface area contributed by atoms with Gasteiger partial charge in [0, 0.05) is 44.3 Å². The SMILES string of the molecule is COCCNc1nccc(C(=O)Nc2ccc(N3CCCCC3)cc2)n1. The smallest absolute Gasteiger partial charge is 0.274 e. The third-order valence-electron chi connectivity index (χ3n) is 4.32. The molecule has 0 radical (unpaired) electrons. The molecule has 1 aliphatic heterocycles. The van der Waals surface area contributed by atoms with E-state index < -0.39 is 0 Å². The fourth-order valence-corrected chi connectivity index (χ4v) is 2.94. The van der Waals surface area contributed by atoms with Gasteiger partial charge >= 0.3 is 0 Å². The average Bonchev–Trinajstić information content (AvgIpc) is 2.70. The van der Waals surface area contributed by atoms with Gasteiger partial charge in [-0.3, -0.25) is 4.79 Å². The van der Waals surface area contributed by atoms with Gasteiger partial charge in [0.15, 0.2) is 0 Å². The molecule has 0 spiro atoms. The Morgan fingerprint density at radius 1 is 1.15 bits per heavy atom. The minimum Gasteiger partial charge on any atom is -0.383 e. The molecule has 7 nitrogen and oxygen atoms in total. The number of piperidine rings is 1. The maximum atomic E-state index is 12.4. The number of anilines is 3. The summed E-state index contributed by atoms with van der Waals surface area (Å²) in [5.74, 6) is 0.156. The maximum absolute atomic E-state index is 12.4. The van der Waals surface area contributed by atoms with Crippen molar-refractivity contribution in [3.8, 4) is 0 Å². The number of ether oxygens (including phenoxy) is 1. The number of amides is 1. The van der Waals surface area contributed by atoms with E-state index in [-0.39, 0.29) is 5.91 Å². The van der Waals surface area contributed by atoms with Gasteiger partial charge in [-0.05, 0) is 49.6 Å². The van der Waals surface area contributed by atoms with E-state index in [4.69, 9.17) is 4.74 Å². The number of aromatic nitrogens is 2. The van der Waals surface area contributed by atoms with Crippen LogP contribution in [0.1, 0.15) is 29.8 Å². The second-order valence-electron chi connectivity index (χ2n) is 6.23. The van der Waals surface area contributed by atoms with E-state index in [2.05, 4.69) is 37.6 Å². The van der Waals surface area contributed by atoms with E-state index in [1.165, 1.54) is 24.9 Å². The Morgan fingerprint density at radius 3 is 2.65 bits per heavy atom. The van der Waals surface area contributed by atoms with Crippen LogP contribution in [-0.4, -0.2) is 49.2 Å². The third kappa shape index (κ3) is 4.92. The van der Waals surface area contributed by atoms with E-state index >= 15 is 0 Å². The Bertz CT molecular complexity index is 714. The molecule has 1 fully saturated rings. The Kier molecular flexibility index (Phi) is 6.38. The minimum absolute atomic E-state index is 0.257. The van der Waals surface area contributed by atoms with Gasteiger partial charge in [-0.2, -0.15) is 0 Å². The zero-order valence-electron chi connectivity index (χ0n) is 15.1. The van der Waals surface area contributed by atoms with Crippen LogP contribution >= 0.6 is 0 Å². The molecule has 1 aromatic heterocycles. The molecule has 1 saturated heterocycles. The molecule has 0 bridgehead atoms. The molecular weight excluding hydrogens is 330 g/mol. The molecule has 0 atom stereocenters. The Morgan fingerprint density at radius 2 is 1.92 bits per heavy atom. The van der Waals surface area contributed by atoms with Crippen LogP contribution in [0, 0.1) is 0 Å². The number of carbonyl (C=O) groups is 1. The lowest BCUT2D eigenvalue weighted by molar-refractivity contribution is 0.102. The van der Waals surface area contributed by atoms with Crippen LogP contribution in [0.3, 0.4) is 0 Å². The minimum atomic E-state index is -0.257. The van der Waals surface area contributed by atoms with Crippen molar-refractivity contribution in [1.29, 1.82) is 0 Å². The van der Waals surface area contributed by atoms with Crippen molar-refractivity contribution in [2.24, 2.45) is 0 Å². The first kappa shape index (κ1) is 18.1. The van der Waals surface area contributed by atoms with Gasteiger partial charge in [-0.25, -0.2) is 9.97 Å². The molecule has 26 heavy (non-hydrogen) atoms. The second kappa shape index (κ2) is 9.15. The summed E-state index contributed by atoms with van der Waals surface area (Å²) >= 11 is 0. The summed E-state index contributed by atoms with van der Waals surface area (Å²) in [5.41, 5.74) is 2.28. The second-order valence-corrected chi connectivity index (χ2v) is 6.23. The van der Waals surface area contributed by atoms with Crippen molar-refractivity contribution < 1.29 is 9.53 Å². The van der Waals surface area contributed by atoms with Crippen molar-refractivity contribution in [2.75, 3.05) is 48.9 Å². The Balaban J connectivity index is 1.59. The number of rotatable bonds is 7. The maximum Gasteiger partial charge on any atom is 0.274 e. The zero-order chi connectivity index (χ0) is 18.2. The quantitative estimate of drug-likeness (QED) is 0.744. The number of hydrogen-bond donors (Lipinski definition) is 2. The number of nitrogens with one attached hydrogen (secondary N) is 2. The first-order chi connectivity index (χ1) is 12.8. The van der Waals surface area contributed by atoms with Crippen LogP contribution in [-0.2, 0) is 4.74 Å². The summed E-state index contributed by atoms with van der Waals surface area (Å²) in [4.78, 5) is 23.1. The molecule has 0 unspecified atom stereocenters. The van der Waals surface area contributed by atoms with Crippen molar-refractivity contribution in [3.63, 3.8) is 0 Å².